The third kappa shape index (κ3) is 4.19. The number of hydrogen-bond acceptors (Lipinski definition) is 2. The number of aliphatic hydroxyl groups excluding tert-OH is 1. The van der Waals surface area contributed by atoms with E-state index in [1.54, 1.807) is 12.1 Å². The zero-order chi connectivity index (χ0) is 15.2. The number of halogens is 1. The Labute approximate surface area is 127 Å². The van der Waals surface area contributed by atoms with Crippen molar-refractivity contribution in [2.75, 3.05) is 7.11 Å². The van der Waals surface area contributed by atoms with Crippen LogP contribution in [-0.2, 0) is 0 Å². The van der Waals surface area contributed by atoms with Gasteiger partial charge in [0.1, 0.15) is 0 Å². The average molecular weight is 294 g/mol. The summed E-state index contributed by atoms with van der Waals surface area (Å²) in [5.74, 6) is 0.914. The Hall–Kier alpha value is -1.09. The maximum Gasteiger partial charge on any atom is 0.165 e. The van der Waals surface area contributed by atoms with Crippen molar-refractivity contribution < 1.29 is 14.2 Å². The fraction of sp³-hybridized carbons (Fsp3) is 0.667. The van der Waals surface area contributed by atoms with Crippen molar-refractivity contribution in [2.24, 2.45) is 11.8 Å². The lowest BCUT2D eigenvalue weighted by Gasteiger charge is -2.31. The third-order valence-electron chi connectivity index (χ3n) is 4.82. The second-order valence-electron chi connectivity index (χ2n) is 6.26. The predicted octanol–water partition coefficient (Wildman–Crippen LogP) is 4.86. The van der Waals surface area contributed by atoms with Crippen molar-refractivity contribution in [3.05, 3.63) is 29.6 Å². The summed E-state index contributed by atoms with van der Waals surface area (Å²) >= 11 is 0. The first kappa shape index (κ1) is 16.3. The van der Waals surface area contributed by atoms with E-state index in [1.807, 2.05) is 0 Å². The van der Waals surface area contributed by atoms with E-state index < -0.39 is 11.9 Å². The van der Waals surface area contributed by atoms with Gasteiger partial charge < -0.3 is 9.84 Å². The number of hydrogen-bond donors (Lipinski definition) is 1. The molecule has 1 aliphatic rings. The van der Waals surface area contributed by atoms with Crippen LogP contribution in [0.1, 0.15) is 63.5 Å². The minimum atomic E-state index is -0.558. The molecule has 1 atom stereocenters. The van der Waals surface area contributed by atoms with E-state index in [2.05, 4.69) is 6.92 Å². The Morgan fingerprint density at radius 2 is 2.00 bits per heavy atom. The largest absolute Gasteiger partial charge is 0.494 e. The molecule has 2 nitrogen and oxygen atoms in total. The maximum atomic E-state index is 13.7. The molecule has 1 aromatic carbocycles. The molecule has 1 saturated carbocycles. The summed E-state index contributed by atoms with van der Waals surface area (Å²) in [6.45, 7) is 2.23. The van der Waals surface area contributed by atoms with Gasteiger partial charge in [0.15, 0.2) is 11.6 Å². The van der Waals surface area contributed by atoms with Gasteiger partial charge in [-0.15, -0.1) is 0 Å². The van der Waals surface area contributed by atoms with Gasteiger partial charge in [0, 0.05) is 0 Å². The lowest BCUT2D eigenvalue weighted by molar-refractivity contribution is 0.0717. The zero-order valence-corrected chi connectivity index (χ0v) is 13.1. The molecule has 1 fully saturated rings. The summed E-state index contributed by atoms with van der Waals surface area (Å²) < 4.78 is 18.7. The van der Waals surface area contributed by atoms with E-state index in [9.17, 15) is 9.50 Å². The van der Waals surface area contributed by atoms with Gasteiger partial charge in [-0.25, -0.2) is 4.39 Å². The second-order valence-corrected chi connectivity index (χ2v) is 6.26. The summed E-state index contributed by atoms with van der Waals surface area (Å²) in [7, 11) is 1.45. The molecule has 0 bridgehead atoms. The Bertz CT molecular complexity index is 439. The highest BCUT2D eigenvalue weighted by molar-refractivity contribution is 5.30. The average Bonchev–Trinajstić information content (AvgIpc) is 2.52. The van der Waals surface area contributed by atoms with Gasteiger partial charge in [0.2, 0.25) is 0 Å². The number of benzene rings is 1. The molecule has 0 radical (unpaired) electrons. The third-order valence-corrected chi connectivity index (χ3v) is 4.82. The van der Waals surface area contributed by atoms with Gasteiger partial charge in [-0.05, 0) is 42.4 Å². The van der Waals surface area contributed by atoms with E-state index >= 15 is 0 Å². The Kier molecular flexibility index (Phi) is 6.04. The first-order valence-electron chi connectivity index (χ1n) is 8.17. The smallest absolute Gasteiger partial charge is 0.165 e. The molecule has 0 amide bonds. The quantitative estimate of drug-likeness (QED) is 0.811. The van der Waals surface area contributed by atoms with Crippen LogP contribution in [0.25, 0.3) is 0 Å². The molecule has 0 aromatic heterocycles. The molecule has 2 rings (SSSR count). The SMILES string of the molecule is CCCCC1CCC(C(O)c2ccc(OC)c(F)c2)CC1. The summed E-state index contributed by atoms with van der Waals surface area (Å²) in [6.07, 6.45) is 7.80. The van der Waals surface area contributed by atoms with Crippen molar-refractivity contribution in [2.45, 2.75) is 58.0 Å². The monoisotopic (exact) mass is 294 g/mol. The lowest BCUT2D eigenvalue weighted by Crippen LogP contribution is -2.20. The number of rotatable bonds is 6. The molecule has 1 aliphatic carbocycles. The molecule has 0 aliphatic heterocycles. The topological polar surface area (TPSA) is 29.5 Å². The zero-order valence-electron chi connectivity index (χ0n) is 13.1. The van der Waals surface area contributed by atoms with Crippen LogP contribution in [0.2, 0.25) is 0 Å². The highest BCUT2D eigenvalue weighted by Gasteiger charge is 2.27. The molecular weight excluding hydrogens is 267 g/mol. The Morgan fingerprint density at radius 3 is 2.57 bits per heavy atom. The standard InChI is InChI=1S/C18H27FO2/c1-3-4-5-13-6-8-14(9-7-13)18(20)15-10-11-17(21-2)16(19)12-15/h10-14,18,20H,3-9H2,1-2H3. The first-order valence-corrected chi connectivity index (χ1v) is 8.17. The van der Waals surface area contributed by atoms with Crippen molar-refractivity contribution in [1.82, 2.24) is 0 Å². The van der Waals surface area contributed by atoms with Gasteiger partial charge >= 0.3 is 0 Å². The van der Waals surface area contributed by atoms with Crippen LogP contribution in [0.3, 0.4) is 0 Å². The summed E-state index contributed by atoms with van der Waals surface area (Å²) in [6, 6.07) is 4.78. The van der Waals surface area contributed by atoms with Crippen molar-refractivity contribution in [3.8, 4) is 5.75 Å². The van der Waals surface area contributed by atoms with E-state index in [0.29, 0.717) is 5.56 Å². The fourth-order valence-electron chi connectivity index (χ4n) is 3.42. The fourth-order valence-corrected chi connectivity index (χ4v) is 3.42. The van der Waals surface area contributed by atoms with E-state index in [1.165, 1.54) is 45.3 Å². The van der Waals surface area contributed by atoms with Crippen LogP contribution in [0.5, 0.6) is 5.75 Å². The summed E-state index contributed by atoms with van der Waals surface area (Å²) in [5, 5.41) is 10.5. The molecule has 0 saturated heterocycles. The Morgan fingerprint density at radius 1 is 1.29 bits per heavy atom. The highest BCUT2D eigenvalue weighted by atomic mass is 19.1. The van der Waals surface area contributed by atoms with Crippen LogP contribution >= 0.6 is 0 Å². The maximum absolute atomic E-state index is 13.7. The number of unbranched alkanes of at least 4 members (excludes halogenated alkanes) is 1. The molecule has 21 heavy (non-hydrogen) atoms. The molecule has 1 unspecified atom stereocenters. The Balaban J connectivity index is 1.92. The van der Waals surface area contributed by atoms with Crippen LogP contribution in [-0.4, -0.2) is 12.2 Å². The first-order chi connectivity index (χ1) is 10.2. The molecule has 118 valence electrons. The van der Waals surface area contributed by atoms with Crippen molar-refractivity contribution >= 4 is 0 Å². The number of methoxy groups -OCH3 is 1. The van der Waals surface area contributed by atoms with Gasteiger partial charge in [-0.1, -0.05) is 45.1 Å². The van der Waals surface area contributed by atoms with Crippen molar-refractivity contribution in [3.63, 3.8) is 0 Å². The van der Waals surface area contributed by atoms with E-state index in [4.69, 9.17) is 4.74 Å². The number of aliphatic hydroxyl groups is 1. The molecule has 1 aromatic rings. The van der Waals surface area contributed by atoms with Gasteiger partial charge in [0.05, 0.1) is 13.2 Å². The predicted molar refractivity (Wildman–Crippen MR) is 82.9 cm³/mol. The van der Waals surface area contributed by atoms with E-state index in [-0.39, 0.29) is 11.7 Å². The normalized spacial score (nSPS) is 23.8. The summed E-state index contributed by atoms with van der Waals surface area (Å²) in [4.78, 5) is 0. The van der Waals surface area contributed by atoms with Crippen LogP contribution in [0.4, 0.5) is 4.39 Å². The van der Waals surface area contributed by atoms with E-state index in [0.717, 1.165) is 18.8 Å². The van der Waals surface area contributed by atoms with Crippen LogP contribution < -0.4 is 4.74 Å². The minimum Gasteiger partial charge on any atom is -0.494 e. The number of ether oxygens (including phenoxy) is 1. The molecule has 3 heteroatoms. The second kappa shape index (κ2) is 7.79. The lowest BCUT2D eigenvalue weighted by atomic mass is 9.76. The van der Waals surface area contributed by atoms with Crippen LogP contribution in [0.15, 0.2) is 18.2 Å². The molecular formula is C18H27FO2. The summed E-state index contributed by atoms with van der Waals surface area (Å²) in [5.41, 5.74) is 0.672. The van der Waals surface area contributed by atoms with Crippen LogP contribution in [0, 0.1) is 17.7 Å². The molecule has 1 N–H and O–H groups in total. The molecule has 0 spiro atoms. The van der Waals surface area contributed by atoms with Crippen molar-refractivity contribution in [1.29, 1.82) is 0 Å². The van der Waals surface area contributed by atoms with Gasteiger partial charge in [-0.2, -0.15) is 0 Å². The minimum absolute atomic E-state index is 0.231. The van der Waals surface area contributed by atoms with Gasteiger partial charge in [-0.3, -0.25) is 0 Å². The molecule has 0 heterocycles. The van der Waals surface area contributed by atoms with Gasteiger partial charge in [0.25, 0.3) is 0 Å². The highest BCUT2D eigenvalue weighted by Crippen LogP contribution is 2.39.